The summed E-state index contributed by atoms with van der Waals surface area (Å²) in [6.07, 6.45) is 3.26. The molecule has 1 aliphatic rings. The van der Waals surface area contributed by atoms with Crippen LogP contribution in [-0.4, -0.2) is 36.2 Å². The molecule has 144 valence electrons. The van der Waals surface area contributed by atoms with Gasteiger partial charge in [0.1, 0.15) is 19.2 Å². The van der Waals surface area contributed by atoms with E-state index in [-0.39, 0.29) is 6.54 Å². The number of hydrogen-bond acceptors (Lipinski definition) is 4. The zero-order valence-corrected chi connectivity index (χ0v) is 15.1. The number of carbonyl (C=O) groups is 3. The summed E-state index contributed by atoms with van der Waals surface area (Å²) in [5, 5.41) is 13.1. The van der Waals surface area contributed by atoms with Gasteiger partial charge in [-0.1, -0.05) is 60.7 Å². The van der Waals surface area contributed by atoms with Crippen LogP contribution >= 0.6 is 0 Å². The molecule has 0 aromatic heterocycles. The molecule has 0 heterocycles. The fourth-order valence-electron chi connectivity index (χ4n) is 2.99. The fraction of sp³-hybridized carbons (Fsp3) is 0.190. The average molecular weight is 380 g/mol. The van der Waals surface area contributed by atoms with Gasteiger partial charge in [-0.2, -0.15) is 0 Å². The summed E-state index contributed by atoms with van der Waals surface area (Å²) in [6, 6.07) is 15.5. The topological polar surface area (TPSA) is 105 Å². The van der Waals surface area contributed by atoms with Crippen LogP contribution in [0.5, 0.6) is 0 Å². The first kappa shape index (κ1) is 19.2. The summed E-state index contributed by atoms with van der Waals surface area (Å²) < 4.78 is 5.61. The number of carboxylic acids is 1. The van der Waals surface area contributed by atoms with Crippen LogP contribution in [-0.2, 0) is 20.7 Å². The Hall–Kier alpha value is -3.61. The predicted octanol–water partition coefficient (Wildman–Crippen LogP) is 2.38. The van der Waals surface area contributed by atoms with Crippen LogP contribution in [0.3, 0.4) is 0 Å². The smallest absolute Gasteiger partial charge is 0.408 e. The highest BCUT2D eigenvalue weighted by Gasteiger charge is 2.22. The van der Waals surface area contributed by atoms with Crippen LogP contribution in [0.1, 0.15) is 28.4 Å². The third kappa shape index (κ3) is 4.97. The van der Waals surface area contributed by atoms with Crippen molar-refractivity contribution in [2.24, 2.45) is 0 Å². The first-order valence-electron chi connectivity index (χ1n) is 8.81. The normalized spacial score (nSPS) is 15.8. The standard InChI is InChI=1S/C21H20N2O5/c24-19(22-13-20(25)26)12-23-21(27)28-18-11-16-7-2-1-5-14(16)9-10-15-6-3-4-8-17(15)18/h1-10,18H,11-13H2,(H,22,24)(H,23,27)(H,25,26)/b10-9-. The maximum atomic E-state index is 12.2. The Morgan fingerprint density at radius 2 is 1.61 bits per heavy atom. The highest BCUT2D eigenvalue weighted by molar-refractivity contribution is 5.85. The van der Waals surface area contributed by atoms with Crippen molar-refractivity contribution >= 4 is 30.1 Å². The van der Waals surface area contributed by atoms with E-state index in [1.807, 2.05) is 60.7 Å². The molecule has 1 aliphatic carbocycles. The van der Waals surface area contributed by atoms with Crippen molar-refractivity contribution in [3.05, 3.63) is 70.8 Å². The summed E-state index contributed by atoms with van der Waals surface area (Å²) in [6.45, 7) is -0.869. The second kappa shape index (κ2) is 8.85. The lowest BCUT2D eigenvalue weighted by Crippen LogP contribution is -2.39. The van der Waals surface area contributed by atoms with E-state index < -0.39 is 30.6 Å². The molecular weight excluding hydrogens is 360 g/mol. The summed E-state index contributed by atoms with van der Waals surface area (Å²) in [4.78, 5) is 34.2. The van der Waals surface area contributed by atoms with Gasteiger partial charge in [-0.05, 0) is 16.7 Å². The lowest BCUT2D eigenvalue weighted by atomic mass is 9.91. The van der Waals surface area contributed by atoms with E-state index in [1.54, 1.807) is 0 Å². The molecule has 2 amide bonds. The fourth-order valence-corrected chi connectivity index (χ4v) is 2.99. The van der Waals surface area contributed by atoms with Gasteiger partial charge in [0.05, 0.1) is 0 Å². The average Bonchev–Trinajstić information content (AvgIpc) is 2.68. The van der Waals surface area contributed by atoms with Gasteiger partial charge in [0, 0.05) is 12.0 Å². The van der Waals surface area contributed by atoms with Crippen molar-refractivity contribution in [3.63, 3.8) is 0 Å². The second-order valence-electron chi connectivity index (χ2n) is 6.28. The molecule has 2 aromatic rings. The molecule has 1 atom stereocenters. The molecular formula is C21H20N2O5. The second-order valence-corrected chi connectivity index (χ2v) is 6.28. The van der Waals surface area contributed by atoms with E-state index in [2.05, 4.69) is 10.6 Å². The number of hydrogen-bond donors (Lipinski definition) is 3. The van der Waals surface area contributed by atoms with E-state index in [0.717, 1.165) is 22.3 Å². The minimum Gasteiger partial charge on any atom is -0.480 e. The van der Waals surface area contributed by atoms with Gasteiger partial charge < -0.3 is 20.5 Å². The molecule has 7 heteroatoms. The monoisotopic (exact) mass is 380 g/mol. The molecule has 3 rings (SSSR count). The van der Waals surface area contributed by atoms with Crippen molar-refractivity contribution in [1.82, 2.24) is 10.6 Å². The maximum Gasteiger partial charge on any atom is 0.408 e. The number of alkyl carbamates (subject to hydrolysis) is 1. The quantitative estimate of drug-likeness (QED) is 0.739. The van der Waals surface area contributed by atoms with Gasteiger partial charge in [0.15, 0.2) is 0 Å². The summed E-state index contributed by atoms with van der Waals surface area (Å²) >= 11 is 0. The third-order valence-corrected chi connectivity index (χ3v) is 4.33. The summed E-state index contributed by atoms with van der Waals surface area (Å²) in [5.74, 6) is -1.76. The van der Waals surface area contributed by atoms with Crippen LogP contribution in [0.4, 0.5) is 4.79 Å². The first-order valence-corrected chi connectivity index (χ1v) is 8.81. The van der Waals surface area contributed by atoms with Crippen LogP contribution in [0.15, 0.2) is 48.5 Å². The number of carboxylic acid groups (broad SMARTS) is 1. The third-order valence-electron chi connectivity index (χ3n) is 4.33. The lowest BCUT2D eigenvalue weighted by molar-refractivity contribution is -0.137. The van der Waals surface area contributed by atoms with Crippen molar-refractivity contribution < 1.29 is 24.2 Å². The molecule has 1 unspecified atom stereocenters. The Bertz CT molecular complexity index is 923. The lowest BCUT2D eigenvalue weighted by Gasteiger charge is -2.23. The van der Waals surface area contributed by atoms with Gasteiger partial charge in [-0.3, -0.25) is 9.59 Å². The molecule has 0 saturated heterocycles. The number of fused-ring (bicyclic) bond motifs is 2. The number of ether oxygens (including phenoxy) is 1. The number of nitrogens with one attached hydrogen (secondary N) is 2. The van der Waals surface area contributed by atoms with Crippen molar-refractivity contribution in [1.29, 1.82) is 0 Å². The van der Waals surface area contributed by atoms with Crippen molar-refractivity contribution in [3.8, 4) is 0 Å². The van der Waals surface area contributed by atoms with Gasteiger partial charge in [-0.15, -0.1) is 0 Å². The molecule has 3 N–H and O–H groups in total. The van der Waals surface area contributed by atoms with Crippen LogP contribution < -0.4 is 10.6 Å². The van der Waals surface area contributed by atoms with Crippen molar-refractivity contribution in [2.75, 3.05) is 13.1 Å². The maximum absolute atomic E-state index is 12.2. The van der Waals surface area contributed by atoms with E-state index >= 15 is 0 Å². The Morgan fingerprint density at radius 3 is 2.39 bits per heavy atom. The number of benzene rings is 2. The number of amides is 2. The minimum absolute atomic E-state index is 0.364. The predicted molar refractivity (Wildman–Crippen MR) is 103 cm³/mol. The first-order chi connectivity index (χ1) is 13.5. The zero-order chi connectivity index (χ0) is 19.9. The number of carbonyl (C=O) groups excluding carboxylic acids is 2. The van der Waals surface area contributed by atoms with Crippen LogP contribution in [0.25, 0.3) is 12.2 Å². The van der Waals surface area contributed by atoms with E-state index in [1.165, 1.54) is 0 Å². The Balaban J connectivity index is 1.72. The van der Waals surface area contributed by atoms with Gasteiger partial charge in [0.25, 0.3) is 0 Å². The molecule has 0 fully saturated rings. The molecule has 7 nitrogen and oxygen atoms in total. The molecule has 0 bridgehead atoms. The highest BCUT2D eigenvalue weighted by atomic mass is 16.6. The Kier molecular flexibility index (Phi) is 6.06. The molecule has 0 saturated carbocycles. The van der Waals surface area contributed by atoms with Crippen LogP contribution in [0, 0.1) is 0 Å². The van der Waals surface area contributed by atoms with Gasteiger partial charge in [-0.25, -0.2) is 4.79 Å². The Morgan fingerprint density at radius 1 is 0.929 bits per heavy atom. The number of aliphatic carboxylic acids is 1. The zero-order valence-electron chi connectivity index (χ0n) is 15.1. The molecule has 0 aliphatic heterocycles. The molecule has 0 radical (unpaired) electrons. The number of rotatable bonds is 5. The van der Waals surface area contributed by atoms with E-state index in [0.29, 0.717) is 6.42 Å². The van der Waals surface area contributed by atoms with Crippen LogP contribution in [0.2, 0.25) is 0 Å². The molecule has 0 spiro atoms. The van der Waals surface area contributed by atoms with Gasteiger partial charge >= 0.3 is 12.1 Å². The molecule has 2 aromatic carbocycles. The summed E-state index contributed by atoms with van der Waals surface area (Å²) in [7, 11) is 0. The molecule has 28 heavy (non-hydrogen) atoms. The minimum atomic E-state index is -1.16. The summed E-state index contributed by atoms with van der Waals surface area (Å²) in [5.41, 5.74) is 3.93. The SMILES string of the molecule is O=C(O)CNC(=O)CNC(=O)OC1Cc2ccccc2/C=C\c2ccccc21. The van der Waals surface area contributed by atoms with E-state index in [4.69, 9.17) is 9.84 Å². The largest absolute Gasteiger partial charge is 0.480 e. The Labute approximate surface area is 162 Å². The van der Waals surface area contributed by atoms with Crippen molar-refractivity contribution in [2.45, 2.75) is 12.5 Å². The highest BCUT2D eigenvalue weighted by Crippen LogP contribution is 2.31. The van der Waals surface area contributed by atoms with E-state index in [9.17, 15) is 14.4 Å². The van der Waals surface area contributed by atoms with Gasteiger partial charge in [0.2, 0.25) is 5.91 Å².